The van der Waals surface area contributed by atoms with Gasteiger partial charge in [0.1, 0.15) is 11.6 Å². The Bertz CT molecular complexity index is 1020. The van der Waals surface area contributed by atoms with E-state index in [9.17, 15) is 19.1 Å². The zero-order valence-corrected chi connectivity index (χ0v) is 16.7. The number of carbonyl (C=O) groups excluding carboxylic acids is 2. The van der Waals surface area contributed by atoms with Crippen LogP contribution in [0.1, 0.15) is 47.6 Å². The third-order valence-electron chi connectivity index (χ3n) is 5.21. The number of nitrogens with zero attached hydrogens (tertiary/aromatic N) is 1. The van der Waals surface area contributed by atoms with Crippen molar-refractivity contribution in [2.24, 2.45) is 0 Å². The first-order chi connectivity index (χ1) is 14.3. The normalized spacial score (nSPS) is 17.6. The third kappa shape index (κ3) is 3.76. The highest BCUT2D eigenvalue weighted by Crippen LogP contribution is 2.30. The molecule has 0 saturated carbocycles. The summed E-state index contributed by atoms with van der Waals surface area (Å²) in [5, 5.41) is 10.1. The molecule has 2 aromatic rings. The van der Waals surface area contributed by atoms with Gasteiger partial charge in [-0.1, -0.05) is 6.07 Å². The van der Waals surface area contributed by atoms with Crippen LogP contribution in [0, 0.1) is 5.82 Å². The van der Waals surface area contributed by atoms with Crippen molar-refractivity contribution >= 4 is 11.7 Å². The number of aliphatic hydroxyl groups is 1. The van der Waals surface area contributed by atoms with Crippen LogP contribution in [-0.2, 0) is 20.7 Å². The first-order valence-corrected chi connectivity index (χ1v) is 9.73. The van der Waals surface area contributed by atoms with Crippen molar-refractivity contribution in [3.8, 4) is 0 Å². The number of rotatable bonds is 6. The molecule has 0 radical (unpaired) electrons. The summed E-state index contributed by atoms with van der Waals surface area (Å²) in [7, 11) is 0. The number of halogens is 1. The minimum absolute atomic E-state index is 0.0184. The molecule has 2 aliphatic rings. The molecule has 30 heavy (non-hydrogen) atoms. The van der Waals surface area contributed by atoms with E-state index in [0.29, 0.717) is 31.0 Å². The molecule has 1 N–H and O–H groups in total. The topological polar surface area (TPSA) is 89.2 Å². The Hall–Kier alpha value is -2.97. The predicted molar refractivity (Wildman–Crippen MR) is 103 cm³/mol. The van der Waals surface area contributed by atoms with Crippen LogP contribution in [0.3, 0.4) is 0 Å². The van der Waals surface area contributed by atoms with Crippen LogP contribution < -0.4 is 0 Å². The molecular formula is C22H22FNO6. The van der Waals surface area contributed by atoms with Crippen molar-refractivity contribution < 1.29 is 33.0 Å². The molecule has 0 spiro atoms. The maximum atomic E-state index is 13.7. The summed E-state index contributed by atoms with van der Waals surface area (Å²) in [6.45, 7) is 4.52. The minimum Gasteiger partial charge on any atom is -0.503 e. The van der Waals surface area contributed by atoms with E-state index in [2.05, 4.69) is 0 Å². The van der Waals surface area contributed by atoms with Gasteiger partial charge in [-0.05, 0) is 43.7 Å². The average molecular weight is 415 g/mol. The molecule has 8 heteroatoms. The molecule has 1 saturated heterocycles. The molecule has 1 amide bonds. The smallest absolute Gasteiger partial charge is 0.289 e. The molecule has 0 unspecified atom stereocenters. The first-order valence-electron chi connectivity index (χ1n) is 9.73. The summed E-state index contributed by atoms with van der Waals surface area (Å²) in [5.74, 6) is -1.52. The van der Waals surface area contributed by atoms with E-state index in [1.165, 1.54) is 23.1 Å². The summed E-state index contributed by atoms with van der Waals surface area (Å²) in [4.78, 5) is 26.3. The van der Waals surface area contributed by atoms with Gasteiger partial charge in [0.2, 0.25) is 5.78 Å². The second kappa shape index (κ2) is 8.04. The molecule has 1 fully saturated rings. The van der Waals surface area contributed by atoms with Gasteiger partial charge in [0.25, 0.3) is 5.91 Å². The average Bonchev–Trinajstić information content (AvgIpc) is 3.45. The fourth-order valence-electron chi connectivity index (χ4n) is 3.59. The van der Waals surface area contributed by atoms with E-state index in [0.717, 1.165) is 5.56 Å². The van der Waals surface area contributed by atoms with E-state index in [1.807, 2.05) is 13.8 Å². The van der Waals surface area contributed by atoms with Gasteiger partial charge >= 0.3 is 0 Å². The summed E-state index contributed by atoms with van der Waals surface area (Å²) in [6.07, 6.45) is -0.339. The lowest BCUT2D eigenvalue weighted by Crippen LogP contribution is -2.34. The van der Waals surface area contributed by atoms with Crippen LogP contribution in [0.15, 0.2) is 46.1 Å². The SMILES string of the molecule is CC(C)N1CC(C(=O)c2ccc(Cc3ccc(F)cc3C3OCCO3)o2)=C(O)C1=O. The van der Waals surface area contributed by atoms with Gasteiger partial charge in [0, 0.05) is 18.0 Å². The number of ether oxygens (including phenoxy) is 2. The summed E-state index contributed by atoms with van der Waals surface area (Å²) >= 11 is 0. The molecule has 1 aromatic carbocycles. The Morgan fingerprint density at radius 3 is 2.63 bits per heavy atom. The highest BCUT2D eigenvalue weighted by molar-refractivity contribution is 6.14. The van der Waals surface area contributed by atoms with Gasteiger partial charge < -0.3 is 23.9 Å². The highest BCUT2D eigenvalue weighted by atomic mass is 19.1. The van der Waals surface area contributed by atoms with Gasteiger partial charge in [-0.3, -0.25) is 9.59 Å². The Balaban J connectivity index is 1.54. The van der Waals surface area contributed by atoms with Gasteiger partial charge in [-0.15, -0.1) is 0 Å². The quantitative estimate of drug-likeness (QED) is 0.729. The van der Waals surface area contributed by atoms with Crippen LogP contribution >= 0.6 is 0 Å². The molecule has 4 rings (SSSR count). The molecule has 2 aliphatic heterocycles. The number of furan rings is 1. The van der Waals surface area contributed by atoms with Gasteiger partial charge in [0.05, 0.1) is 25.3 Å². The lowest BCUT2D eigenvalue weighted by molar-refractivity contribution is -0.129. The number of carbonyl (C=O) groups is 2. The van der Waals surface area contributed by atoms with Gasteiger partial charge in [0.15, 0.2) is 17.8 Å². The largest absolute Gasteiger partial charge is 0.503 e. The van der Waals surface area contributed by atoms with Crippen molar-refractivity contribution in [1.82, 2.24) is 4.90 Å². The maximum absolute atomic E-state index is 13.7. The number of Topliss-reactive ketones (excluding diaryl/α,β-unsaturated/α-hetero) is 1. The number of hydrogen-bond acceptors (Lipinski definition) is 6. The maximum Gasteiger partial charge on any atom is 0.289 e. The third-order valence-corrected chi connectivity index (χ3v) is 5.21. The van der Waals surface area contributed by atoms with Crippen molar-refractivity contribution in [3.63, 3.8) is 0 Å². The van der Waals surface area contributed by atoms with E-state index < -0.39 is 29.6 Å². The second-order valence-electron chi connectivity index (χ2n) is 7.54. The van der Waals surface area contributed by atoms with Crippen LogP contribution in [0.5, 0.6) is 0 Å². The first kappa shape index (κ1) is 20.3. The summed E-state index contributed by atoms with van der Waals surface area (Å²) in [5.41, 5.74) is 1.34. The van der Waals surface area contributed by atoms with E-state index >= 15 is 0 Å². The Labute approximate surface area is 172 Å². The van der Waals surface area contributed by atoms with E-state index in [4.69, 9.17) is 13.9 Å². The highest BCUT2D eigenvalue weighted by Gasteiger charge is 2.36. The van der Waals surface area contributed by atoms with Crippen LogP contribution in [0.25, 0.3) is 0 Å². The second-order valence-corrected chi connectivity index (χ2v) is 7.54. The van der Waals surface area contributed by atoms with Crippen LogP contribution in [0.2, 0.25) is 0 Å². The van der Waals surface area contributed by atoms with Crippen LogP contribution in [0.4, 0.5) is 4.39 Å². The van der Waals surface area contributed by atoms with Crippen molar-refractivity contribution in [1.29, 1.82) is 0 Å². The predicted octanol–water partition coefficient (Wildman–Crippen LogP) is 3.30. The number of hydrogen-bond donors (Lipinski definition) is 1. The molecule has 7 nitrogen and oxygen atoms in total. The van der Waals surface area contributed by atoms with Crippen molar-refractivity contribution in [2.45, 2.75) is 32.6 Å². The van der Waals surface area contributed by atoms with Crippen molar-refractivity contribution in [2.75, 3.05) is 19.8 Å². The standard InChI is InChI=1S/C22H22FNO6/c1-12(2)24-11-17(20(26)21(24)27)19(25)18-6-5-15(30-18)9-13-3-4-14(23)10-16(13)22-28-7-8-29-22/h3-6,10,12,22,26H,7-9,11H2,1-2H3. The Morgan fingerprint density at radius 1 is 1.23 bits per heavy atom. The molecular weight excluding hydrogens is 393 g/mol. The molecule has 3 heterocycles. The van der Waals surface area contributed by atoms with Crippen LogP contribution in [-0.4, -0.2) is 47.5 Å². The summed E-state index contributed by atoms with van der Waals surface area (Å²) < 4.78 is 30.4. The fraction of sp³-hybridized carbons (Fsp3) is 0.364. The van der Waals surface area contributed by atoms with Gasteiger partial charge in [-0.2, -0.15) is 0 Å². The zero-order valence-electron chi connectivity index (χ0n) is 16.7. The molecule has 1 aromatic heterocycles. The van der Waals surface area contributed by atoms with E-state index in [-0.39, 0.29) is 23.9 Å². The lowest BCUT2D eigenvalue weighted by Gasteiger charge is -2.20. The lowest BCUT2D eigenvalue weighted by atomic mass is 10.0. The Kier molecular flexibility index (Phi) is 5.44. The molecule has 0 bridgehead atoms. The zero-order chi connectivity index (χ0) is 21.4. The van der Waals surface area contributed by atoms with Crippen molar-refractivity contribution in [3.05, 3.63) is 70.1 Å². The van der Waals surface area contributed by atoms with E-state index in [1.54, 1.807) is 12.1 Å². The number of ketones is 1. The molecule has 158 valence electrons. The fourth-order valence-corrected chi connectivity index (χ4v) is 3.59. The number of amides is 1. The summed E-state index contributed by atoms with van der Waals surface area (Å²) in [6, 6.07) is 7.35. The molecule has 0 atom stereocenters. The van der Waals surface area contributed by atoms with Gasteiger partial charge in [-0.25, -0.2) is 4.39 Å². The minimum atomic E-state index is -0.639. The number of aliphatic hydroxyl groups excluding tert-OH is 1. The Morgan fingerprint density at radius 2 is 1.97 bits per heavy atom. The number of benzene rings is 1. The monoisotopic (exact) mass is 415 g/mol. The molecule has 0 aliphatic carbocycles.